The maximum Gasteiger partial charge on any atom is 0.232 e. The summed E-state index contributed by atoms with van der Waals surface area (Å²) in [6.07, 6.45) is 4.95. The van der Waals surface area contributed by atoms with Crippen LogP contribution in [0.4, 0.5) is 18.9 Å². The summed E-state index contributed by atoms with van der Waals surface area (Å²) in [5.41, 5.74) is -1.60. The lowest BCUT2D eigenvalue weighted by molar-refractivity contribution is 0.103. The van der Waals surface area contributed by atoms with E-state index in [0.717, 1.165) is 0 Å². The number of imidazole rings is 1. The number of fused-ring (bicyclic) bond motifs is 1. The molecule has 4 aromatic rings. The number of aromatic nitrogens is 4. The van der Waals surface area contributed by atoms with E-state index in [9.17, 15) is 22.0 Å². The Labute approximate surface area is 192 Å². The number of rotatable bonds is 7. The molecule has 2 aromatic heterocycles. The standard InChI is InChI=1S/C22H18F3N5O3S/c1-3-8-34(32,33)29-17-10-14(23)20(24)19(21(17)25)22(31)13-4-5-15-16(9-13)28-18(11-27-15)30-7-6-26-12(30)2/h4-7,9-11,29H,3,8H2,1-2H3. The number of hydrogen-bond donors (Lipinski definition) is 1. The first kappa shape index (κ1) is 23.4. The molecule has 0 aliphatic rings. The van der Waals surface area contributed by atoms with Gasteiger partial charge in [-0.1, -0.05) is 6.92 Å². The first-order chi connectivity index (χ1) is 16.1. The van der Waals surface area contributed by atoms with Gasteiger partial charge in [0.25, 0.3) is 0 Å². The second-order valence-electron chi connectivity index (χ2n) is 7.44. The van der Waals surface area contributed by atoms with Crippen LogP contribution < -0.4 is 4.72 Å². The summed E-state index contributed by atoms with van der Waals surface area (Å²) in [7, 11) is -4.02. The van der Waals surface area contributed by atoms with Crippen LogP contribution in [0.15, 0.2) is 42.9 Å². The predicted molar refractivity (Wildman–Crippen MR) is 119 cm³/mol. The molecule has 176 valence electrons. The van der Waals surface area contributed by atoms with Gasteiger partial charge in [-0.3, -0.25) is 19.1 Å². The van der Waals surface area contributed by atoms with E-state index in [4.69, 9.17) is 0 Å². The summed E-state index contributed by atoms with van der Waals surface area (Å²) >= 11 is 0. The summed E-state index contributed by atoms with van der Waals surface area (Å²) < 4.78 is 71.3. The smallest absolute Gasteiger partial charge is 0.232 e. The number of carbonyl (C=O) groups excluding carboxylic acids is 1. The zero-order chi connectivity index (χ0) is 24.6. The molecule has 0 saturated heterocycles. The number of benzene rings is 2. The van der Waals surface area contributed by atoms with Crippen LogP contribution >= 0.6 is 0 Å². The van der Waals surface area contributed by atoms with Gasteiger partial charge in [0, 0.05) is 24.0 Å². The first-order valence-electron chi connectivity index (χ1n) is 10.1. The largest absolute Gasteiger partial charge is 0.288 e. The second kappa shape index (κ2) is 8.86. The Morgan fingerprint density at radius 3 is 2.53 bits per heavy atom. The molecule has 0 aliphatic heterocycles. The highest BCUT2D eigenvalue weighted by molar-refractivity contribution is 7.92. The fraction of sp³-hybridized carbons (Fsp3) is 0.182. The molecule has 1 N–H and O–H groups in total. The molecule has 0 radical (unpaired) electrons. The molecule has 0 fully saturated rings. The number of nitrogens with zero attached hydrogens (tertiary/aromatic N) is 4. The van der Waals surface area contributed by atoms with E-state index in [-0.39, 0.29) is 23.3 Å². The van der Waals surface area contributed by atoms with E-state index in [1.54, 1.807) is 30.8 Å². The number of halogens is 3. The fourth-order valence-electron chi connectivity index (χ4n) is 3.39. The molecule has 0 atom stereocenters. The van der Waals surface area contributed by atoms with E-state index < -0.39 is 44.5 Å². The van der Waals surface area contributed by atoms with Crippen LogP contribution in [0, 0.1) is 24.4 Å². The van der Waals surface area contributed by atoms with Crippen molar-refractivity contribution >= 4 is 32.5 Å². The van der Waals surface area contributed by atoms with E-state index >= 15 is 4.39 Å². The van der Waals surface area contributed by atoms with Crippen LogP contribution in [0.2, 0.25) is 0 Å². The number of ketones is 1. The molecule has 8 nitrogen and oxygen atoms in total. The van der Waals surface area contributed by atoms with Gasteiger partial charge in [-0.05, 0) is 31.5 Å². The average molecular weight is 489 g/mol. The number of aryl methyl sites for hydroxylation is 1. The molecule has 2 aromatic carbocycles. The van der Waals surface area contributed by atoms with E-state index in [1.807, 2.05) is 4.72 Å². The Morgan fingerprint density at radius 2 is 1.85 bits per heavy atom. The van der Waals surface area contributed by atoms with Crippen LogP contribution in [0.5, 0.6) is 0 Å². The van der Waals surface area contributed by atoms with Crippen molar-refractivity contribution in [1.82, 2.24) is 19.5 Å². The monoisotopic (exact) mass is 489 g/mol. The van der Waals surface area contributed by atoms with Crippen LogP contribution in [0.3, 0.4) is 0 Å². The van der Waals surface area contributed by atoms with Crippen LogP contribution in [0.1, 0.15) is 35.1 Å². The molecule has 34 heavy (non-hydrogen) atoms. The topological polar surface area (TPSA) is 107 Å². The average Bonchev–Trinajstić information content (AvgIpc) is 3.22. The maximum atomic E-state index is 15.0. The zero-order valence-corrected chi connectivity index (χ0v) is 18.8. The molecule has 0 amide bonds. The van der Waals surface area contributed by atoms with E-state index in [2.05, 4.69) is 15.0 Å². The van der Waals surface area contributed by atoms with E-state index in [0.29, 0.717) is 23.2 Å². The third kappa shape index (κ3) is 4.36. The quantitative estimate of drug-likeness (QED) is 0.312. The van der Waals surface area contributed by atoms with Gasteiger partial charge in [0.05, 0.1) is 34.2 Å². The highest BCUT2D eigenvalue weighted by Crippen LogP contribution is 2.28. The summed E-state index contributed by atoms with van der Waals surface area (Å²) in [6, 6.07) is 4.33. The van der Waals surface area contributed by atoms with Gasteiger partial charge in [-0.2, -0.15) is 0 Å². The van der Waals surface area contributed by atoms with Gasteiger partial charge >= 0.3 is 0 Å². The molecule has 0 spiro atoms. The highest BCUT2D eigenvalue weighted by Gasteiger charge is 2.27. The summed E-state index contributed by atoms with van der Waals surface area (Å²) in [6.45, 7) is 3.34. The Morgan fingerprint density at radius 1 is 1.09 bits per heavy atom. The lowest BCUT2D eigenvalue weighted by Crippen LogP contribution is -2.19. The number of carbonyl (C=O) groups is 1. The lowest BCUT2D eigenvalue weighted by atomic mass is 10.0. The number of anilines is 1. The zero-order valence-electron chi connectivity index (χ0n) is 18.0. The molecule has 0 bridgehead atoms. The summed E-state index contributed by atoms with van der Waals surface area (Å²) in [4.78, 5) is 25.8. The van der Waals surface area contributed by atoms with Crippen LogP contribution in [0.25, 0.3) is 16.9 Å². The Bertz CT molecular complexity index is 1540. The number of nitrogens with one attached hydrogen (secondary N) is 1. The van der Waals surface area contributed by atoms with Crippen molar-refractivity contribution in [2.75, 3.05) is 10.5 Å². The minimum atomic E-state index is -4.02. The molecule has 0 unspecified atom stereocenters. The minimum Gasteiger partial charge on any atom is -0.288 e. The maximum absolute atomic E-state index is 15.0. The SMILES string of the molecule is CCCS(=O)(=O)Nc1cc(F)c(F)c(C(=O)c2ccc3ncc(-n4ccnc4C)nc3c2)c1F. The van der Waals surface area contributed by atoms with Gasteiger partial charge in [-0.25, -0.2) is 31.6 Å². The Hall–Kier alpha value is -3.80. The van der Waals surface area contributed by atoms with Crippen molar-refractivity contribution in [3.8, 4) is 5.82 Å². The highest BCUT2D eigenvalue weighted by atomic mass is 32.2. The van der Waals surface area contributed by atoms with Crippen molar-refractivity contribution in [1.29, 1.82) is 0 Å². The minimum absolute atomic E-state index is 0.188. The molecule has 12 heteroatoms. The first-order valence-corrected chi connectivity index (χ1v) is 11.8. The molecule has 0 saturated carbocycles. The molecule has 4 rings (SSSR count). The van der Waals surface area contributed by atoms with Crippen molar-refractivity contribution in [3.63, 3.8) is 0 Å². The predicted octanol–water partition coefficient (Wildman–Crippen LogP) is 3.92. The third-order valence-electron chi connectivity index (χ3n) is 4.99. The van der Waals surface area contributed by atoms with Gasteiger partial charge in [0.1, 0.15) is 5.82 Å². The van der Waals surface area contributed by atoms with Crippen molar-refractivity contribution in [2.24, 2.45) is 0 Å². The van der Waals surface area contributed by atoms with Crippen molar-refractivity contribution < 1.29 is 26.4 Å². The fourth-order valence-corrected chi connectivity index (χ4v) is 4.51. The van der Waals surface area contributed by atoms with Gasteiger partial charge in [0.15, 0.2) is 29.1 Å². The van der Waals surface area contributed by atoms with Gasteiger partial charge < -0.3 is 0 Å². The summed E-state index contributed by atoms with van der Waals surface area (Å²) in [5.74, 6) is -5.31. The second-order valence-corrected chi connectivity index (χ2v) is 9.28. The van der Waals surface area contributed by atoms with Crippen molar-refractivity contribution in [2.45, 2.75) is 20.3 Å². The Kier molecular flexibility index (Phi) is 6.09. The number of sulfonamides is 1. The van der Waals surface area contributed by atoms with Crippen LogP contribution in [-0.4, -0.2) is 39.5 Å². The van der Waals surface area contributed by atoms with Gasteiger partial charge in [0.2, 0.25) is 10.0 Å². The summed E-state index contributed by atoms with van der Waals surface area (Å²) in [5, 5.41) is 0. The van der Waals surface area contributed by atoms with E-state index in [1.165, 1.54) is 24.4 Å². The molecule has 0 aliphatic carbocycles. The third-order valence-corrected chi connectivity index (χ3v) is 6.46. The normalized spacial score (nSPS) is 11.7. The number of hydrogen-bond acceptors (Lipinski definition) is 6. The molecular formula is C22H18F3N5O3S. The van der Waals surface area contributed by atoms with Crippen LogP contribution in [-0.2, 0) is 10.0 Å². The van der Waals surface area contributed by atoms with Gasteiger partial charge in [-0.15, -0.1) is 0 Å². The lowest BCUT2D eigenvalue weighted by Gasteiger charge is -2.12. The Balaban J connectivity index is 1.79. The molecular weight excluding hydrogens is 471 g/mol. The molecule has 2 heterocycles. The van der Waals surface area contributed by atoms with Crippen molar-refractivity contribution in [3.05, 3.63) is 77.3 Å².